The topological polar surface area (TPSA) is 47.9 Å². The van der Waals surface area contributed by atoms with E-state index in [9.17, 15) is 13.2 Å². The highest BCUT2D eigenvalue weighted by atomic mass is 19.4. The van der Waals surface area contributed by atoms with E-state index in [1.807, 2.05) is 24.3 Å². The number of pyridine rings is 1. The van der Waals surface area contributed by atoms with Gasteiger partial charge in [0.1, 0.15) is 12.1 Å². The molecule has 7 heteroatoms. The van der Waals surface area contributed by atoms with Crippen LogP contribution in [-0.4, -0.2) is 21.3 Å². The molecule has 27 heavy (non-hydrogen) atoms. The standard InChI is InChI=1S/C20H12F3N3O/c21-20(22,23)27-16-4-1-3-14(10-16)19-17(5-2-8-25-19)13-6-7-18-15(9-13)11-24-12-26-18/h1-12H. The second-order valence-corrected chi connectivity index (χ2v) is 5.77. The number of benzene rings is 2. The van der Waals surface area contributed by atoms with E-state index in [0.29, 0.717) is 11.3 Å². The fourth-order valence-corrected chi connectivity index (χ4v) is 2.86. The van der Waals surface area contributed by atoms with Crippen molar-refractivity contribution in [1.29, 1.82) is 0 Å². The number of fused-ring (bicyclic) bond motifs is 1. The van der Waals surface area contributed by atoms with E-state index in [1.54, 1.807) is 24.5 Å². The van der Waals surface area contributed by atoms with Crippen molar-refractivity contribution in [1.82, 2.24) is 15.0 Å². The van der Waals surface area contributed by atoms with Gasteiger partial charge in [-0.25, -0.2) is 9.97 Å². The predicted molar refractivity (Wildman–Crippen MR) is 94.9 cm³/mol. The largest absolute Gasteiger partial charge is 0.573 e. The zero-order chi connectivity index (χ0) is 18.9. The number of rotatable bonds is 3. The molecule has 2 aromatic heterocycles. The van der Waals surface area contributed by atoms with Crippen molar-refractivity contribution < 1.29 is 17.9 Å². The van der Waals surface area contributed by atoms with Gasteiger partial charge >= 0.3 is 6.36 Å². The number of hydrogen-bond acceptors (Lipinski definition) is 4. The van der Waals surface area contributed by atoms with Gasteiger partial charge in [0.15, 0.2) is 0 Å². The highest BCUT2D eigenvalue weighted by molar-refractivity contribution is 5.88. The molecule has 0 radical (unpaired) electrons. The molecule has 0 aliphatic carbocycles. The van der Waals surface area contributed by atoms with E-state index in [4.69, 9.17) is 0 Å². The van der Waals surface area contributed by atoms with Gasteiger partial charge in [-0.15, -0.1) is 13.2 Å². The molecule has 4 nitrogen and oxygen atoms in total. The summed E-state index contributed by atoms with van der Waals surface area (Å²) >= 11 is 0. The Hall–Kier alpha value is -3.48. The maximum absolute atomic E-state index is 12.5. The Morgan fingerprint density at radius 2 is 1.74 bits per heavy atom. The Balaban J connectivity index is 1.80. The van der Waals surface area contributed by atoms with Crippen molar-refractivity contribution in [3.05, 3.63) is 73.3 Å². The molecule has 0 fully saturated rings. The van der Waals surface area contributed by atoms with Crippen LogP contribution in [0.4, 0.5) is 13.2 Å². The number of hydrogen-bond donors (Lipinski definition) is 0. The molecule has 0 bridgehead atoms. The maximum atomic E-state index is 12.5. The SMILES string of the molecule is FC(F)(F)Oc1cccc(-c2ncccc2-c2ccc3ncncc3c2)c1. The summed E-state index contributed by atoms with van der Waals surface area (Å²) in [6, 6.07) is 15.1. The van der Waals surface area contributed by atoms with Crippen LogP contribution in [0.5, 0.6) is 5.75 Å². The lowest BCUT2D eigenvalue weighted by Gasteiger charge is -2.12. The number of halogens is 3. The van der Waals surface area contributed by atoms with Crippen molar-refractivity contribution >= 4 is 10.9 Å². The van der Waals surface area contributed by atoms with Crippen LogP contribution >= 0.6 is 0 Å². The Kier molecular flexibility index (Phi) is 4.19. The maximum Gasteiger partial charge on any atom is 0.573 e. The van der Waals surface area contributed by atoms with Crippen molar-refractivity contribution in [3.63, 3.8) is 0 Å². The summed E-state index contributed by atoms with van der Waals surface area (Å²) in [5.41, 5.74) is 3.54. The molecule has 0 saturated heterocycles. The normalized spacial score (nSPS) is 11.5. The molecule has 0 spiro atoms. The van der Waals surface area contributed by atoms with Crippen LogP contribution in [0.1, 0.15) is 0 Å². The third-order valence-electron chi connectivity index (χ3n) is 3.96. The minimum atomic E-state index is -4.75. The van der Waals surface area contributed by atoms with E-state index in [0.717, 1.165) is 22.0 Å². The third kappa shape index (κ3) is 3.72. The molecule has 0 aliphatic heterocycles. The lowest BCUT2D eigenvalue weighted by molar-refractivity contribution is -0.274. The average Bonchev–Trinajstić information content (AvgIpc) is 2.66. The molecular weight excluding hydrogens is 355 g/mol. The zero-order valence-electron chi connectivity index (χ0n) is 13.8. The zero-order valence-corrected chi connectivity index (χ0v) is 13.8. The van der Waals surface area contributed by atoms with Crippen molar-refractivity contribution in [2.45, 2.75) is 6.36 Å². The van der Waals surface area contributed by atoms with Crippen LogP contribution in [0.15, 0.2) is 73.3 Å². The smallest absolute Gasteiger partial charge is 0.406 e. The molecule has 2 aromatic carbocycles. The summed E-state index contributed by atoms with van der Waals surface area (Å²) < 4.78 is 41.6. The predicted octanol–water partition coefficient (Wildman–Crippen LogP) is 5.26. The molecule has 2 heterocycles. The van der Waals surface area contributed by atoms with Gasteiger partial charge in [-0.2, -0.15) is 0 Å². The molecule has 0 N–H and O–H groups in total. The molecule has 0 aliphatic rings. The molecule has 0 saturated carbocycles. The van der Waals surface area contributed by atoms with Gasteiger partial charge in [0, 0.05) is 28.9 Å². The quantitative estimate of drug-likeness (QED) is 0.496. The summed E-state index contributed by atoms with van der Waals surface area (Å²) in [4.78, 5) is 12.6. The van der Waals surface area contributed by atoms with Crippen molar-refractivity contribution in [2.24, 2.45) is 0 Å². The van der Waals surface area contributed by atoms with Gasteiger partial charge in [-0.1, -0.05) is 24.3 Å². The summed E-state index contributed by atoms with van der Waals surface area (Å²) in [5.74, 6) is -0.288. The van der Waals surface area contributed by atoms with Crippen LogP contribution in [0.2, 0.25) is 0 Å². The molecule has 0 atom stereocenters. The molecular formula is C20H12F3N3O. The van der Waals surface area contributed by atoms with Crippen LogP contribution in [0, 0.1) is 0 Å². The van der Waals surface area contributed by atoms with Crippen LogP contribution in [0.3, 0.4) is 0 Å². The Labute approximate surface area is 152 Å². The van der Waals surface area contributed by atoms with Crippen LogP contribution < -0.4 is 4.74 Å². The van der Waals surface area contributed by atoms with Crippen molar-refractivity contribution in [2.75, 3.05) is 0 Å². The van der Waals surface area contributed by atoms with E-state index < -0.39 is 6.36 Å². The van der Waals surface area contributed by atoms with Gasteiger partial charge in [0.2, 0.25) is 0 Å². The van der Waals surface area contributed by atoms with Gasteiger partial charge in [0.05, 0.1) is 11.2 Å². The number of ether oxygens (including phenoxy) is 1. The molecule has 0 amide bonds. The lowest BCUT2D eigenvalue weighted by Crippen LogP contribution is -2.17. The molecule has 4 aromatic rings. The Bertz CT molecular complexity index is 1110. The third-order valence-corrected chi connectivity index (χ3v) is 3.96. The number of aromatic nitrogens is 3. The first-order valence-electron chi connectivity index (χ1n) is 8.01. The van der Waals surface area contributed by atoms with Gasteiger partial charge in [-0.3, -0.25) is 4.98 Å². The van der Waals surface area contributed by atoms with E-state index in [1.165, 1.54) is 24.5 Å². The van der Waals surface area contributed by atoms with E-state index in [-0.39, 0.29) is 5.75 Å². The highest BCUT2D eigenvalue weighted by Gasteiger charge is 2.31. The van der Waals surface area contributed by atoms with Gasteiger partial charge < -0.3 is 4.74 Å². The first-order chi connectivity index (χ1) is 13.0. The average molecular weight is 367 g/mol. The van der Waals surface area contributed by atoms with Crippen LogP contribution in [0.25, 0.3) is 33.3 Å². The van der Waals surface area contributed by atoms with Gasteiger partial charge in [-0.05, 0) is 35.9 Å². The van der Waals surface area contributed by atoms with E-state index >= 15 is 0 Å². The minimum absolute atomic E-state index is 0.288. The first-order valence-corrected chi connectivity index (χ1v) is 8.01. The fraction of sp³-hybridized carbons (Fsp3) is 0.0500. The summed E-state index contributed by atoms with van der Waals surface area (Å²) in [6.07, 6.45) is 0.0352. The van der Waals surface area contributed by atoms with Crippen molar-refractivity contribution in [3.8, 4) is 28.1 Å². The molecule has 0 unspecified atom stereocenters. The van der Waals surface area contributed by atoms with Gasteiger partial charge in [0.25, 0.3) is 0 Å². The number of alkyl halides is 3. The monoisotopic (exact) mass is 367 g/mol. The fourth-order valence-electron chi connectivity index (χ4n) is 2.86. The second-order valence-electron chi connectivity index (χ2n) is 5.77. The van der Waals surface area contributed by atoms with Crippen LogP contribution in [-0.2, 0) is 0 Å². The Morgan fingerprint density at radius 3 is 2.59 bits per heavy atom. The summed E-state index contributed by atoms with van der Waals surface area (Å²) in [7, 11) is 0. The summed E-state index contributed by atoms with van der Waals surface area (Å²) in [6.45, 7) is 0. The minimum Gasteiger partial charge on any atom is -0.406 e. The summed E-state index contributed by atoms with van der Waals surface area (Å²) in [5, 5.41) is 0.860. The number of nitrogens with zero attached hydrogens (tertiary/aromatic N) is 3. The molecule has 134 valence electrons. The van der Waals surface area contributed by atoms with E-state index in [2.05, 4.69) is 19.7 Å². The first kappa shape index (κ1) is 17.0. The molecule has 4 rings (SSSR count). The lowest BCUT2D eigenvalue weighted by atomic mass is 9.98. The second kappa shape index (κ2) is 6.68. The highest BCUT2D eigenvalue weighted by Crippen LogP contribution is 2.34. The Morgan fingerprint density at radius 1 is 0.852 bits per heavy atom.